The first-order chi connectivity index (χ1) is 12.5. The molecule has 1 aromatic carbocycles. The SMILES string of the molecule is CN=CCC=Nc1cc(-c2nc(C(C)(C)C)nc(C(C)(C)C)n2)ccc1C. The minimum Gasteiger partial charge on any atom is -0.300 e. The van der Waals surface area contributed by atoms with E-state index in [-0.39, 0.29) is 10.8 Å². The van der Waals surface area contributed by atoms with E-state index in [1.54, 1.807) is 7.05 Å². The lowest BCUT2D eigenvalue weighted by molar-refractivity contribution is 0.497. The highest BCUT2D eigenvalue weighted by molar-refractivity contribution is 5.81. The molecule has 0 aliphatic rings. The van der Waals surface area contributed by atoms with Gasteiger partial charge in [0, 0.05) is 42.3 Å². The van der Waals surface area contributed by atoms with Crippen LogP contribution in [0.2, 0.25) is 0 Å². The molecule has 27 heavy (non-hydrogen) atoms. The second kappa shape index (κ2) is 8.07. The smallest absolute Gasteiger partial charge is 0.163 e. The van der Waals surface area contributed by atoms with Crippen molar-refractivity contribution in [2.75, 3.05) is 7.05 Å². The third-order valence-electron chi connectivity index (χ3n) is 4.07. The zero-order chi connectivity index (χ0) is 20.2. The van der Waals surface area contributed by atoms with Gasteiger partial charge in [0.1, 0.15) is 11.6 Å². The summed E-state index contributed by atoms with van der Waals surface area (Å²) in [5.41, 5.74) is 2.69. The lowest BCUT2D eigenvalue weighted by atomic mass is 9.93. The third-order valence-corrected chi connectivity index (χ3v) is 4.07. The van der Waals surface area contributed by atoms with E-state index >= 15 is 0 Å². The Balaban J connectivity index is 2.55. The Morgan fingerprint density at radius 1 is 0.889 bits per heavy atom. The Morgan fingerprint density at radius 3 is 2.00 bits per heavy atom. The molecule has 0 amide bonds. The molecule has 5 heteroatoms. The number of hydrogen-bond acceptors (Lipinski definition) is 5. The van der Waals surface area contributed by atoms with E-state index in [0.717, 1.165) is 28.5 Å². The van der Waals surface area contributed by atoms with Gasteiger partial charge in [-0.05, 0) is 18.6 Å². The summed E-state index contributed by atoms with van der Waals surface area (Å²) in [4.78, 5) is 22.9. The van der Waals surface area contributed by atoms with E-state index in [0.29, 0.717) is 12.2 Å². The zero-order valence-corrected chi connectivity index (χ0v) is 17.8. The molecule has 0 saturated heterocycles. The van der Waals surface area contributed by atoms with Crippen LogP contribution in [0.3, 0.4) is 0 Å². The molecule has 0 saturated carbocycles. The Morgan fingerprint density at radius 2 is 1.48 bits per heavy atom. The highest BCUT2D eigenvalue weighted by Gasteiger charge is 2.25. The molecular weight excluding hydrogens is 334 g/mol. The Bertz CT molecular complexity index is 820. The zero-order valence-electron chi connectivity index (χ0n) is 17.8. The van der Waals surface area contributed by atoms with Gasteiger partial charge in [0.05, 0.1) is 5.69 Å². The van der Waals surface area contributed by atoms with Crippen LogP contribution in [0, 0.1) is 6.92 Å². The largest absolute Gasteiger partial charge is 0.300 e. The molecule has 0 aliphatic heterocycles. The summed E-state index contributed by atoms with van der Waals surface area (Å²) < 4.78 is 0. The van der Waals surface area contributed by atoms with Gasteiger partial charge in [-0.3, -0.25) is 4.99 Å². The molecule has 1 aromatic heterocycles. The molecule has 0 fully saturated rings. The van der Waals surface area contributed by atoms with Gasteiger partial charge in [-0.1, -0.05) is 53.7 Å². The summed E-state index contributed by atoms with van der Waals surface area (Å²) in [5, 5.41) is 0. The highest BCUT2D eigenvalue weighted by atomic mass is 15.1. The van der Waals surface area contributed by atoms with Crippen LogP contribution in [0.5, 0.6) is 0 Å². The van der Waals surface area contributed by atoms with Crippen molar-refractivity contribution in [2.24, 2.45) is 9.98 Å². The Labute approximate surface area is 163 Å². The molecule has 0 bridgehead atoms. The molecular formula is C22H31N5. The van der Waals surface area contributed by atoms with Gasteiger partial charge in [-0.15, -0.1) is 0 Å². The fraction of sp³-hybridized carbons (Fsp3) is 0.500. The quantitative estimate of drug-likeness (QED) is 0.696. The van der Waals surface area contributed by atoms with Crippen LogP contribution in [-0.4, -0.2) is 34.4 Å². The normalized spacial score (nSPS) is 13.0. The molecule has 0 unspecified atom stereocenters. The van der Waals surface area contributed by atoms with Crippen molar-refractivity contribution in [3.63, 3.8) is 0 Å². The number of aromatic nitrogens is 3. The fourth-order valence-electron chi connectivity index (χ4n) is 2.37. The molecule has 0 spiro atoms. The van der Waals surface area contributed by atoms with E-state index in [1.165, 1.54) is 0 Å². The number of hydrogen-bond donors (Lipinski definition) is 0. The topological polar surface area (TPSA) is 63.4 Å². The first-order valence-corrected chi connectivity index (χ1v) is 9.33. The van der Waals surface area contributed by atoms with Gasteiger partial charge in [0.15, 0.2) is 5.82 Å². The predicted molar refractivity (Wildman–Crippen MR) is 115 cm³/mol. The lowest BCUT2D eigenvalue weighted by Gasteiger charge is -2.22. The molecule has 0 radical (unpaired) electrons. The van der Waals surface area contributed by atoms with Crippen LogP contribution in [0.15, 0.2) is 28.2 Å². The van der Waals surface area contributed by atoms with Crippen molar-refractivity contribution >= 4 is 18.1 Å². The Hall–Kier alpha value is -2.43. The van der Waals surface area contributed by atoms with E-state index in [1.807, 2.05) is 18.5 Å². The van der Waals surface area contributed by atoms with Crippen molar-refractivity contribution in [3.8, 4) is 11.4 Å². The monoisotopic (exact) mass is 365 g/mol. The van der Waals surface area contributed by atoms with E-state index in [4.69, 9.17) is 15.0 Å². The van der Waals surface area contributed by atoms with Crippen molar-refractivity contribution in [1.29, 1.82) is 0 Å². The van der Waals surface area contributed by atoms with Gasteiger partial charge in [-0.2, -0.15) is 0 Å². The van der Waals surface area contributed by atoms with Crippen LogP contribution in [-0.2, 0) is 10.8 Å². The molecule has 2 aromatic rings. The second-order valence-corrected chi connectivity index (χ2v) is 8.80. The number of aliphatic imine (C=N–C) groups is 2. The number of rotatable bonds is 4. The van der Waals surface area contributed by atoms with Crippen LogP contribution < -0.4 is 0 Å². The predicted octanol–water partition coefficient (Wildman–Crippen LogP) is 5.24. The average molecular weight is 366 g/mol. The van der Waals surface area contributed by atoms with Gasteiger partial charge in [0.2, 0.25) is 0 Å². The first-order valence-electron chi connectivity index (χ1n) is 9.33. The van der Waals surface area contributed by atoms with E-state index in [2.05, 4.69) is 70.6 Å². The molecule has 5 nitrogen and oxygen atoms in total. The van der Waals surface area contributed by atoms with Gasteiger partial charge < -0.3 is 4.99 Å². The van der Waals surface area contributed by atoms with Crippen molar-refractivity contribution in [3.05, 3.63) is 35.4 Å². The standard InChI is InChI=1S/C22H31N5/c1-15-10-11-16(14-17(15)24-13-9-12-23-8)18-25-19(21(2,3)4)27-20(26-18)22(5,6)7/h10-14H,9H2,1-8H3. The summed E-state index contributed by atoms with van der Waals surface area (Å²) in [5.74, 6) is 2.32. The molecule has 144 valence electrons. The first kappa shape index (κ1) is 20.9. The number of aryl methyl sites for hydroxylation is 1. The van der Waals surface area contributed by atoms with Crippen LogP contribution in [0.25, 0.3) is 11.4 Å². The van der Waals surface area contributed by atoms with E-state index < -0.39 is 0 Å². The maximum Gasteiger partial charge on any atom is 0.163 e. The third kappa shape index (κ3) is 5.52. The van der Waals surface area contributed by atoms with Crippen molar-refractivity contribution < 1.29 is 0 Å². The minimum absolute atomic E-state index is 0.150. The molecule has 1 heterocycles. The van der Waals surface area contributed by atoms with Gasteiger partial charge in [0.25, 0.3) is 0 Å². The molecule has 2 rings (SSSR count). The molecule has 0 aliphatic carbocycles. The summed E-state index contributed by atoms with van der Waals surface area (Å²) in [6.45, 7) is 14.8. The van der Waals surface area contributed by atoms with E-state index in [9.17, 15) is 0 Å². The fourth-order valence-corrected chi connectivity index (χ4v) is 2.37. The van der Waals surface area contributed by atoms with Crippen molar-refractivity contribution in [1.82, 2.24) is 15.0 Å². The number of nitrogens with zero attached hydrogens (tertiary/aromatic N) is 5. The lowest BCUT2D eigenvalue weighted by Crippen LogP contribution is -2.24. The summed E-state index contributed by atoms with van der Waals surface area (Å²) in [6, 6.07) is 6.16. The Kier molecular flexibility index (Phi) is 6.24. The van der Waals surface area contributed by atoms with Crippen molar-refractivity contribution in [2.45, 2.75) is 65.7 Å². The van der Waals surface area contributed by atoms with Crippen LogP contribution in [0.1, 0.15) is 65.2 Å². The number of benzene rings is 1. The molecule has 0 N–H and O–H groups in total. The summed E-state index contributed by atoms with van der Waals surface area (Å²) in [7, 11) is 1.76. The highest BCUT2D eigenvalue weighted by Crippen LogP contribution is 2.29. The maximum atomic E-state index is 4.77. The molecule has 0 atom stereocenters. The van der Waals surface area contributed by atoms with Crippen LogP contribution in [0.4, 0.5) is 5.69 Å². The maximum absolute atomic E-state index is 4.77. The van der Waals surface area contributed by atoms with Gasteiger partial charge >= 0.3 is 0 Å². The van der Waals surface area contributed by atoms with Gasteiger partial charge in [-0.25, -0.2) is 15.0 Å². The average Bonchev–Trinajstić information content (AvgIpc) is 2.58. The summed E-state index contributed by atoms with van der Waals surface area (Å²) >= 11 is 0. The second-order valence-electron chi connectivity index (χ2n) is 8.80. The minimum atomic E-state index is -0.150. The summed E-state index contributed by atoms with van der Waals surface area (Å²) in [6.07, 6.45) is 4.42. The van der Waals surface area contributed by atoms with Crippen LogP contribution >= 0.6 is 0 Å².